The van der Waals surface area contributed by atoms with Crippen molar-refractivity contribution in [1.82, 2.24) is 19.8 Å². The molecule has 152 valence electrons. The van der Waals surface area contributed by atoms with Crippen molar-refractivity contribution in [3.8, 4) is 5.75 Å². The average Bonchev–Trinajstić information content (AvgIpc) is 3.15. The number of guanidine groups is 1. The fourth-order valence-electron chi connectivity index (χ4n) is 3.54. The van der Waals surface area contributed by atoms with Crippen molar-refractivity contribution in [2.75, 3.05) is 45.2 Å². The molecule has 2 aromatic rings. The summed E-state index contributed by atoms with van der Waals surface area (Å²) in [5.41, 5.74) is 1.21. The fourth-order valence-corrected chi connectivity index (χ4v) is 3.54. The van der Waals surface area contributed by atoms with Crippen molar-refractivity contribution >= 4 is 11.6 Å². The zero-order chi connectivity index (χ0) is 19.9. The van der Waals surface area contributed by atoms with Crippen LogP contribution in [-0.2, 0) is 13.1 Å². The molecule has 0 saturated carbocycles. The van der Waals surface area contributed by atoms with Gasteiger partial charge in [0.05, 0.1) is 13.7 Å². The van der Waals surface area contributed by atoms with Crippen molar-refractivity contribution < 1.29 is 4.74 Å². The Kier molecular flexibility index (Phi) is 6.79. The number of aliphatic imine (C=N–C) groups is 1. The Balaban J connectivity index is 1.54. The van der Waals surface area contributed by atoms with Gasteiger partial charge in [-0.05, 0) is 18.1 Å². The van der Waals surface area contributed by atoms with E-state index in [4.69, 9.17) is 4.74 Å². The van der Waals surface area contributed by atoms with Gasteiger partial charge in [-0.2, -0.15) is 0 Å². The molecule has 7 nitrogen and oxygen atoms in total. The van der Waals surface area contributed by atoms with Crippen molar-refractivity contribution in [2.45, 2.75) is 26.9 Å². The number of anilines is 1. The van der Waals surface area contributed by atoms with E-state index in [0.717, 1.165) is 50.3 Å². The molecule has 1 aliphatic rings. The molecule has 1 N–H and O–H groups in total. The van der Waals surface area contributed by atoms with Crippen LogP contribution < -0.4 is 15.0 Å². The highest BCUT2D eigenvalue weighted by Crippen LogP contribution is 2.22. The van der Waals surface area contributed by atoms with Gasteiger partial charge in [-0.3, -0.25) is 4.99 Å². The van der Waals surface area contributed by atoms with Gasteiger partial charge in [-0.1, -0.05) is 19.9 Å². The van der Waals surface area contributed by atoms with Crippen LogP contribution in [0.15, 0.2) is 41.7 Å². The maximum absolute atomic E-state index is 5.35. The minimum absolute atomic E-state index is 0.594. The van der Waals surface area contributed by atoms with E-state index in [1.54, 1.807) is 7.11 Å². The minimum atomic E-state index is 0.594. The maximum atomic E-state index is 5.35. The number of methoxy groups -OCH3 is 1. The summed E-state index contributed by atoms with van der Waals surface area (Å²) in [6.45, 7) is 9.87. The zero-order valence-corrected chi connectivity index (χ0v) is 17.4. The van der Waals surface area contributed by atoms with Crippen LogP contribution >= 0.6 is 0 Å². The van der Waals surface area contributed by atoms with Crippen LogP contribution in [0, 0.1) is 5.92 Å². The SMILES string of the molecule is CN=C(NCc1nccn1CC(C)C)N1CCN(c2cccc(OC)c2)CC1. The van der Waals surface area contributed by atoms with Crippen molar-refractivity contribution in [3.63, 3.8) is 0 Å². The van der Waals surface area contributed by atoms with Gasteiger partial charge in [0.1, 0.15) is 11.6 Å². The Hall–Kier alpha value is -2.70. The summed E-state index contributed by atoms with van der Waals surface area (Å²) < 4.78 is 7.56. The first-order chi connectivity index (χ1) is 13.6. The number of aromatic nitrogens is 2. The van der Waals surface area contributed by atoms with Gasteiger partial charge >= 0.3 is 0 Å². The highest BCUT2D eigenvalue weighted by Gasteiger charge is 2.20. The zero-order valence-electron chi connectivity index (χ0n) is 17.4. The summed E-state index contributed by atoms with van der Waals surface area (Å²) in [6.07, 6.45) is 3.92. The molecular weight excluding hydrogens is 352 g/mol. The Morgan fingerprint density at radius 3 is 2.71 bits per heavy atom. The third-order valence-electron chi connectivity index (χ3n) is 4.98. The Bertz CT molecular complexity index is 777. The number of ether oxygens (including phenoxy) is 1. The quantitative estimate of drug-likeness (QED) is 0.612. The molecule has 28 heavy (non-hydrogen) atoms. The number of piperazine rings is 1. The van der Waals surface area contributed by atoms with Gasteiger partial charge < -0.3 is 24.4 Å². The Labute approximate surface area is 168 Å². The molecule has 0 atom stereocenters. The number of nitrogens with zero attached hydrogens (tertiary/aromatic N) is 5. The minimum Gasteiger partial charge on any atom is -0.497 e. The van der Waals surface area contributed by atoms with E-state index in [9.17, 15) is 0 Å². The predicted molar refractivity (Wildman–Crippen MR) is 114 cm³/mol. The lowest BCUT2D eigenvalue weighted by atomic mass is 10.2. The van der Waals surface area contributed by atoms with Gasteiger partial charge in [0, 0.05) is 63.9 Å². The van der Waals surface area contributed by atoms with E-state index in [0.29, 0.717) is 12.5 Å². The van der Waals surface area contributed by atoms with E-state index in [-0.39, 0.29) is 0 Å². The van der Waals surface area contributed by atoms with Crippen molar-refractivity contribution in [3.05, 3.63) is 42.5 Å². The summed E-state index contributed by atoms with van der Waals surface area (Å²) in [5.74, 6) is 3.47. The molecule has 1 aromatic heterocycles. The smallest absolute Gasteiger partial charge is 0.194 e. The van der Waals surface area contributed by atoms with E-state index in [1.807, 2.05) is 31.6 Å². The van der Waals surface area contributed by atoms with Gasteiger partial charge in [0.15, 0.2) is 5.96 Å². The molecule has 0 aliphatic carbocycles. The highest BCUT2D eigenvalue weighted by molar-refractivity contribution is 5.80. The summed E-state index contributed by atoms with van der Waals surface area (Å²) >= 11 is 0. The van der Waals surface area contributed by atoms with Crippen LogP contribution in [0.1, 0.15) is 19.7 Å². The molecule has 1 fully saturated rings. The molecule has 2 heterocycles. The molecule has 0 spiro atoms. The third kappa shape index (κ3) is 4.97. The molecule has 1 aliphatic heterocycles. The second-order valence-electron chi connectivity index (χ2n) is 7.47. The van der Waals surface area contributed by atoms with Crippen LogP contribution in [0.25, 0.3) is 0 Å². The van der Waals surface area contributed by atoms with Crippen LogP contribution in [0.2, 0.25) is 0 Å². The molecule has 0 radical (unpaired) electrons. The van der Waals surface area contributed by atoms with E-state index < -0.39 is 0 Å². The summed E-state index contributed by atoms with van der Waals surface area (Å²) in [7, 11) is 3.55. The average molecular weight is 385 g/mol. The number of benzene rings is 1. The summed E-state index contributed by atoms with van der Waals surface area (Å²) in [5, 5.41) is 3.48. The number of rotatable bonds is 6. The number of hydrogen-bond donors (Lipinski definition) is 1. The van der Waals surface area contributed by atoms with Crippen LogP contribution in [0.3, 0.4) is 0 Å². The lowest BCUT2D eigenvalue weighted by Gasteiger charge is -2.37. The Morgan fingerprint density at radius 1 is 1.25 bits per heavy atom. The molecule has 1 saturated heterocycles. The third-order valence-corrected chi connectivity index (χ3v) is 4.98. The van der Waals surface area contributed by atoms with Crippen molar-refractivity contribution in [1.29, 1.82) is 0 Å². The number of nitrogens with one attached hydrogen (secondary N) is 1. The van der Waals surface area contributed by atoms with E-state index >= 15 is 0 Å². The van der Waals surface area contributed by atoms with Gasteiger partial charge in [0.25, 0.3) is 0 Å². The predicted octanol–water partition coefficient (Wildman–Crippen LogP) is 2.45. The summed E-state index contributed by atoms with van der Waals surface area (Å²) in [6, 6.07) is 8.26. The molecule has 1 aromatic carbocycles. The monoisotopic (exact) mass is 384 g/mol. The van der Waals surface area contributed by atoms with Crippen LogP contribution in [0.4, 0.5) is 5.69 Å². The first-order valence-electron chi connectivity index (χ1n) is 9.95. The molecular formula is C21H32N6O. The second-order valence-corrected chi connectivity index (χ2v) is 7.47. The van der Waals surface area contributed by atoms with E-state index in [2.05, 4.69) is 55.6 Å². The van der Waals surface area contributed by atoms with Gasteiger partial charge in [-0.25, -0.2) is 4.98 Å². The van der Waals surface area contributed by atoms with Gasteiger partial charge in [0.2, 0.25) is 0 Å². The topological polar surface area (TPSA) is 57.9 Å². The molecule has 0 bridgehead atoms. The largest absolute Gasteiger partial charge is 0.497 e. The van der Waals surface area contributed by atoms with Crippen LogP contribution in [0.5, 0.6) is 5.75 Å². The molecule has 0 amide bonds. The first kappa shape index (κ1) is 20.0. The lowest BCUT2D eigenvalue weighted by Crippen LogP contribution is -2.52. The molecule has 7 heteroatoms. The fraction of sp³-hybridized carbons (Fsp3) is 0.524. The summed E-state index contributed by atoms with van der Waals surface area (Å²) in [4.78, 5) is 13.7. The number of hydrogen-bond acceptors (Lipinski definition) is 4. The Morgan fingerprint density at radius 2 is 2.04 bits per heavy atom. The maximum Gasteiger partial charge on any atom is 0.194 e. The number of imidazole rings is 1. The molecule has 0 unspecified atom stereocenters. The van der Waals surface area contributed by atoms with Crippen LogP contribution in [-0.4, -0.2) is 60.7 Å². The molecule has 3 rings (SSSR count). The standard InChI is InChI=1S/C21H32N6O/c1-17(2)16-27-9-8-23-20(27)15-24-21(22-3)26-12-10-25(11-13-26)18-6-5-7-19(14-18)28-4/h5-9,14,17H,10-13,15-16H2,1-4H3,(H,22,24). The highest BCUT2D eigenvalue weighted by atomic mass is 16.5. The van der Waals surface area contributed by atoms with Gasteiger partial charge in [-0.15, -0.1) is 0 Å². The lowest BCUT2D eigenvalue weighted by molar-refractivity contribution is 0.370. The van der Waals surface area contributed by atoms with Crippen molar-refractivity contribution in [2.24, 2.45) is 10.9 Å². The normalized spacial score (nSPS) is 15.2. The second kappa shape index (κ2) is 9.48. The van der Waals surface area contributed by atoms with E-state index in [1.165, 1.54) is 5.69 Å². The first-order valence-corrected chi connectivity index (χ1v) is 9.95.